The molecular weight excluding hydrogens is 483 g/mol. The summed E-state index contributed by atoms with van der Waals surface area (Å²) >= 11 is 0. The molecule has 0 N–H and O–H groups in total. The van der Waals surface area contributed by atoms with Crippen LogP contribution in [0.2, 0.25) is 0 Å². The van der Waals surface area contributed by atoms with E-state index in [0.717, 1.165) is 63.1 Å². The Kier molecular flexibility index (Phi) is 6.33. The van der Waals surface area contributed by atoms with E-state index in [1.807, 2.05) is 61.7 Å². The summed E-state index contributed by atoms with van der Waals surface area (Å²) in [4.78, 5) is 31.5. The molecular formula is C30H37FN4O3. The van der Waals surface area contributed by atoms with Crippen LogP contribution < -0.4 is 10.6 Å². The van der Waals surface area contributed by atoms with Gasteiger partial charge in [0.15, 0.2) is 0 Å². The topological polar surface area (TPSA) is 59.7 Å². The Morgan fingerprint density at radius 3 is 2.03 bits per heavy atom. The van der Waals surface area contributed by atoms with E-state index in [-0.39, 0.29) is 17.5 Å². The minimum atomic E-state index is -0.677. The molecule has 38 heavy (non-hydrogen) atoms. The lowest BCUT2D eigenvalue weighted by Gasteiger charge is -2.39. The molecule has 2 atom stereocenters. The van der Waals surface area contributed by atoms with E-state index in [1.54, 1.807) is 0 Å². The molecule has 1 saturated heterocycles. The molecule has 0 amide bonds. The smallest absolute Gasteiger partial charge is 0.423 e. The molecule has 1 aromatic heterocycles. The van der Waals surface area contributed by atoms with E-state index in [0.29, 0.717) is 23.4 Å². The summed E-state index contributed by atoms with van der Waals surface area (Å²) in [5, 5.41) is 0. The highest BCUT2D eigenvalue weighted by molar-refractivity contribution is 5.87. The van der Waals surface area contributed by atoms with Gasteiger partial charge in [-0.3, -0.25) is 9.47 Å². The van der Waals surface area contributed by atoms with Gasteiger partial charge in [-0.15, -0.1) is 0 Å². The van der Waals surface area contributed by atoms with Crippen molar-refractivity contribution in [2.75, 3.05) is 31.1 Å². The van der Waals surface area contributed by atoms with Crippen LogP contribution in [0.25, 0.3) is 11.0 Å². The molecule has 2 saturated carbocycles. The summed E-state index contributed by atoms with van der Waals surface area (Å²) in [5.74, 6) is 0.992. The van der Waals surface area contributed by atoms with Gasteiger partial charge in [-0.2, -0.15) is 4.57 Å². The molecule has 3 fully saturated rings. The third-order valence-electron chi connectivity index (χ3n) is 8.71. The molecule has 0 spiro atoms. The zero-order valence-electron chi connectivity index (χ0n) is 22.5. The molecule has 2 aromatic carbocycles. The lowest BCUT2D eigenvalue weighted by atomic mass is 10.0. The van der Waals surface area contributed by atoms with Gasteiger partial charge in [0, 0.05) is 44.0 Å². The van der Waals surface area contributed by atoms with Gasteiger partial charge in [-0.05, 0) is 94.7 Å². The van der Waals surface area contributed by atoms with Crippen LogP contribution in [-0.4, -0.2) is 57.9 Å². The number of aromatic nitrogens is 2. The average Bonchev–Trinajstić information content (AvgIpc) is 3.52. The van der Waals surface area contributed by atoms with Gasteiger partial charge in [0.05, 0.1) is 11.0 Å². The van der Waals surface area contributed by atoms with E-state index in [2.05, 4.69) is 9.80 Å². The summed E-state index contributed by atoms with van der Waals surface area (Å²) < 4.78 is 21.9. The van der Waals surface area contributed by atoms with E-state index in [4.69, 9.17) is 4.74 Å². The predicted molar refractivity (Wildman–Crippen MR) is 146 cm³/mol. The Morgan fingerprint density at radius 2 is 1.42 bits per heavy atom. The number of ether oxygens (including phenoxy) is 1. The van der Waals surface area contributed by atoms with Crippen molar-refractivity contribution in [2.45, 2.75) is 64.1 Å². The standard InChI is InChI=1S/C30H37FN4O3/c1-30(2,3)38-29(37)35-27-7-5-4-6-26(27)34(28(35)36)25-18-20-16-24(17-21(20)19-25)33-14-12-32(13-15-33)23-10-8-22(31)9-11-23/h4-11,20-21,24-25H,12-19H2,1-3H3. The Labute approximate surface area is 222 Å². The number of halogens is 1. The minimum Gasteiger partial charge on any atom is -0.443 e. The zero-order chi connectivity index (χ0) is 26.6. The fourth-order valence-corrected chi connectivity index (χ4v) is 7.07. The van der Waals surface area contributed by atoms with Crippen LogP contribution in [0.5, 0.6) is 0 Å². The molecule has 202 valence electrons. The maximum Gasteiger partial charge on any atom is 0.423 e. The summed E-state index contributed by atoms with van der Waals surface area (Å²) in [6.07, 6.45) is 3.65. The number of rotatable bonds is 3. The fraction of sp³-hybridized carbons (Fsp3) is 0.533. The van der Waals surface area contributed by atoms with E-state index >= 15 is 0 Å². The Morgan fingerprint density at radius 1 is 0.842 bits per heavy atom. The number of imidazole rings is 1. The van der Waals surface area contributed by atoms with Gasteiger partial charge in [-0.1, -0.05) is 12.1 Å². The van der Waals surface area contributed by atoms with Crippen LogP contribution in [0.4, 0.5) is 14.9 Å². The number of anilines is 1. The molecule has 7 nitrogen and oxygen atoms in total. The first kappa shape index (κ1) is 25.2. The van der Waals surface area contributed by atoms with Crippen LogP contribution in [0.15, 0.2) is 53.3 Å². The third-order valence-corrected chi connectivity index (χ3v) is 8.71. The van der Waals surface area contributed by atoms with Crippen molar-refractivity contribution in [1.29, 1.82) is 0 Å². The quantitative estimate of drug-likeness (QED) is 0.471. The van der Waals surface area contributed by atoms with Crippen LogP contribution in [0, 0.1) is 17.7 Å². The van der Waals surface area contributed by atoms with Crippen molar-refractivity contribution in [3.8, 4) is 0 Å². The number of carbonyl (C=O) groups excluding carboxylic acids is 1. The number of piperazine rings is 1. The second-order valence-electron chi connectivity index (χ2n) is 12.2. The van der Waals surface area contributed by atoms with Crippen molar-refractivity contribution in [3.63, 3.8) is 0 Å². The predicted octanol–water partition coefficient (Wildman–Crippen LogP) is 5.28. The Bertz CT molecular complexity index is 1370. The fourth-order valence-electron chi connectivity index (χ4n) is 7.07. The van der Waals surface area contributed by atoms with E-state index < -0.39 is 11.7 Å². The van der Waals surface area contributed by atoms with Gasteiger partial charge >= 0.3 is 11.8 Å². The number of nitrogens with zero attached hydrogens (tertiary/aromatic N) is 4. The van der Waals surface area contributed by atoms with Crippen LogP contribution in [-0.2, 0) is 4.74 Å². The van der Waals surface area contributed by atoms with Crippen LogP contribution in [0.1, 0.15) is 52.5 Å². The molecule has 8 heteroatoms. The zero-order valence-corrected chi connectivity index (χ0v) is 22.5. The number of hydrogen-bond donors (Lipinski definition) is 0. The molecule has 3 aromatic rings. The van der Waals surface area contributed by atoms with Crippen molar-refractivity contribution in [2.24, 2.45) is 11.8 Å². The normalized spacial score (nSPS) is 26.2. The number of hydrogen-bond acceptors (Lipinski definition) is 5. The van der Waals surface area contributed by atoms with E-state index in [1.165, 1.54) is 16.7 Å². The van der Waals surface area contributed by atoms with Gasteiger partial charge < -0.3 is 9.64 Å². The second-order valence-corrected chi connectivity index (χ2v) is 12.2. The molecule has 3 aliphatic rings. The second kappa shape index (κ2) is 9.56. The highest BCUT2D eigenvalue weighted by Gasteiger charge is 2.45. The summed E-state index contributed by atoms with van der Waals surface area (Å²) in [6.45, 7) is 9.39. The lowest BCUT2D eigenvalue weighted by Crippen LogP contribution is -2.50. The van der Waals surface area contributed by atoms with Gasteiger partial charge in [0.2, 0.25) is 0 Å². The average molecular weight is 521 g/mol. The van der Waals surface area contributed by atoms with Gasteiger partial charge in [-0.25, -0.2) is 14.0 Å². The van der Waals surface area contributed by atoms with Crippen molar-refractivity contribution in [1.82, 2.24) is 14.0 Å². The molecule has 0 radical (unpaired) electrons. The molecule has 1 aliphatic heterocycles. The Balaban J connectivity index is 1.13. The summed E-state index contributed by atoms with van der Waals surface area (Å²) in [6, 6.07) is 15.0. The summed E-state index contributed by atoms with van der Waals surface area (Å²) in [5.41, 5.74) is 1.54. The molecule has 6 rings (SSSR count). The van der Waals surface area contributed by atoms with Crippen LogP contribution in [0.3, 0.4) is 0 Å². The largest absolute Gasteiger partial charge is 0.443 e. The first-order valence-electron chi connectivity index (χ1n) is 13.9. The van der Waals surface area contributed by atoms with Gasteiger partial charge in [0.25, 0.3) is 0 Å². The minimum absolute atomic E-state index is 0.0994. The molecule has 0 bridgehead atoms. The molecule has 2 unspecified atom stereocenters. The molecule has 2 heterocycles. The number of para-hydroxylation sites is 2. The monoisotopic (exact) mass is 520 g/mol. The van der Waals surface area contributed by atoms with E-state index in [9.17, 15) is 14.0 Å². The Hall–Kier alpha value is -3.13. The van der Waals surface area contributed by atoms with Crippen LogP contribution >= 0.6 is 0 Å². The maximum atomic E-state index is 13.6. The lowest BCUT2D eigenvalue weighted by molar-refractivity contribution is 0.0536. The summed E-state index contributed by atoms with van der Waals surface area (Å²) in [7, 11) is 0. The van der Waals surface area contributed by atoms with Crippen molar-refractivity contribution < 1.29 is 13.9 Å². The van der Waals surface area contributed by atoms with Crippen molar-refractivity contribution >= 4 is 22.8 Å². The maximum absolute atomic E-state index is 13.6. The number of carbonyl (C=O) groups is 1. The number of fused-ring (bicyclic) bond motifs is 2. The number of benzene rings is 2. The molecule has 2 aliphatic carbocycles. The van der Waals surface area contributed by atoms with Crippen molar-refractivity contribution in [3.05, 3.63) is 64.8 Å². The SMILES string of the molecule is CC(C)(C)OC(=O)n1c(=O)n(C2CC3CC(N4CCN(c5ccc(F)cc5)CC4)CC3C2)c2ccccc21. The van der Waals surface area contributed by atoms with Gasteiger partial charge in [0.1, 0.15) is 11.4 Å². The highest BCUT2D eigenvalue weighted by atomic mass is 19.1. The third kappa shape index (κ3) is 4.64. The first-order valence-corrected chi connectivity index (χ1v) is 13.9. The first-order chi connectivity index (χ1) is 18.2. The highest BCUT2D eigenvalue weighted by Crippen LogP contribution is 2.50.